The average molecular weight is 320 g/mol. The van der Waals surface area contributed by atoms with Gasteiger partial charge in [-0.2, -0.15) is 11.3 Å². The molecular weight excluding hydrogens is 300 g/mol. The first-order valence-electron chi connectivity index (χ1n) is 7.40. The summed E-state index contributed by atoms with van der Waals surface area (Å²) >= 11 is 3.15. The van der Waals surface area contributed by atoms with Gasteiger partial charge in [-0.25, -0.2) is 4.98 Å². The smallest absolute Gasteiger partial charge is 0.263 e. The van der Waals surface area contributed by atoms with Gasteiger partial charge >= 0.3 is 0 Å². The molecule has 0 atom stereocenters. The maximum Gasteiger partial charge on any atom is 0.263 e. The van der Waals surface area contributed by atoms with Gasteiger partial charge in [0.05, 0.1) is 5.69 Å². The first kappa shape index (κ1) is 14.7. The minimum atomic E-state index is -0.0473. The fourth-order valence-electron chi connectivity index (χ4n) is 2.90. The van der Waals surface area contributed by atoms with Crippen LogP contribution in [0.25, 0.3) is 10.6 Å². The van der Waals surface area contributed by atoms with Crippen molar-refractivity contribution in [2.45, 2.75) is 51.5 Å². The quantitative estimate of drug-likeness (QED) is 0.895. The van der Waals surface area contributed by atoms with Crippen molar-refractivity contribution >= 4 is 28.6 Å². The number of aryl methyl sites for hydroxylation is 1. The second-order valence-corrected chi connectivity index (χ2v) is 7.80. The molecule has 0 radical (unpaired) electrons. The van der Waals surface area contributed by atoms with E-state index in [4.69, 9.17) is 0 Å². The Kier molecular flexibility index (Phi) is 4.13. The van der Waals surface area contributed by atoms with E-state index < -0.39 is 0 Å². The zero-order valence-corrected chi connectivity index (χ0v) is 14.1. The van der Waals surface area contributed by atoms with Crippen molar-refractivity contribution in [3.8, 4) is 10.6 Å². The molecule has 0 saturated heterocycles. The highest BCUT2D eigenvalue weighted by atomic mass is 32.1. The van der Waals surface area contributed by atoms with Crippen LogP contribution in [0.2, 0.25) is 0 Å². The monoisotopic (exact) mass is 320 g/mol. The van der Waals surface area contributed by atoms with Crippen LogP contribution in [0.5, 0.6) is 0 Å². The topological polar surface area (TPSA) is 42.0 Å². The molecule has 0 spiro atoms. The minimum absolute atomic E-state index is 0.0379. The van der Waals surface area contributed by atoms with Gasteiger partial charge in [-0.15, -0.1) is 11.3 Å². The Bertz CT molecular complexity index is 625. The number of nitrogens with zero attached hydrogens (tertiary/aromatic N) is 1. The van der Waals surface area contributed by atoms with Crippen molar-refractivity contribution in [3.05, 3.63) is 27.4 Å². The molecule has 2 heterocycles. The van der Waals surface area contributed by atoms with Crippen molar-refractivity contribution in [2.24, 2.45) is 0 Å². The number of aromatic nitrogens is 1. The highest BCUT2D eigenvalue weighted by molar-refractivity contribution is 7.17. The molecule has 0 aromatic carbocycles. The van der Waals surface area contributed by atoms with Crippen LogP contribution in [0.3, 0.4) is 0 Å². The lowest BCUT2D eigenvalue weighted by Crippen LogP contribution is -2.47. The van der Waals surface area contributed by atoms with Gasteiger partial charge in [0.15, 0.2) is 0 Å². The van der Waals surface area contributed by atoms with Gasteiger partial charge in [0.25, 0.3) is 5.91 Å². The summed E-state index contributed by atoms with van der Waals surface area (Å²) in [7, 11) is 0. The molecule has 1 fully saturated rings. The van der Waals surface area contributed by atoms with E-state index in [2.05, 4.69) is 22.6 Å². The molecular formula is C16H20N2OS2. The minimum Gasteiger partial charge on any atom is -0.346 e. The third-order valence-electron chi connectivity index (χ3n) is 4.14. The van der Waals surface area contributed by atoms with Crippen molar-refractivity contribution in [1.82, 2.24) is 10.3 Å². The lowest BCUT2D eigenvalue weighted by atomic mass is 9.83. The predicted molar refractivity (Wildman–Crippen MR) is 89.1 cm³/mol. The lowest BCUT2D eigenvalue weighted by molar-refractivity contribution is 0.0886. The molecule has 3 rings (SSSR count). The van der Waals surface area contributed by atoms with Crippen molar-refractivity contribution in [1.29, 1.82) is 0 Å². The second kappa shape index (κ2) is 5.89. The summed E-state index contributed by atoms with van der Waals surface area (Å²) in [4.78, 5) is 17.9. The Labute approximate surface area is 133 Å². The SMILES string of the molecule is Cc1nc(-c2ccsc2)sc1C(=O)NC1(C)CCCCC1. The highest BCUT2D eigenvalue weighted by Gasteiger charge is 2.30. The molecule has 0 bridgehead atoms. The van der Waals surface area contributed by atoms with Crippen LogP contribution in [0, 0.1) is 6.92 Å². The van der Waals surface area contributed by atoms with E-state index in [-0.39, 0.29) is 11.4 Å². The van der Waals surface area contributed by atoms with Gasteiger partial charge in [-0.05, 0) is 38.1 Å². The largest absolute Gasteiger partial charge is 0.346 e. The molecule has 3 nitrogen and oxygen atoms in total. The molecule has 21 heavy (non-hydrogen) atoms. The van der Waals surface area contributed by atoms with Crippen LogP contribution in [-0.4, -0.2) is 16.4 Å². The summed E-state index contributed by atoms with van der Waals surface area (Å²) in [5.41, 5.74) is 1.89. The summed E-state index contributed by atoms with van der Waals surface area (Å²) in [6.07, 6.45) is 5.85. The first-order chi connectivity index (χ1) is 10.1. The molecule has 5 heteroatoms. The zero-order valence-electron chi connectivity index (χ0n) is 12.4. The number of thiazole rings is 1. The van der Waals surface area contributed by atoms with E-state index in [0.29, 0.717) is 0 Å². The number of amides is 1. The summed E-state index contributed by atoms with van der Waals surface area (Å²) in [5.74, 6) is 0.0379. The number of rotatable bonds is 3. The highest BCUT2D eigenvalue weighted by Crippen LogP contribution is 2.31. The van der Waals surface area contributed by atoms with Crippen LogP contribution >= 0.6 is 22.7 Å². The van der Waals surface area contributed by atoms with Gasteiger partial charge in [-0.1, -0.05) is 19.3 Å². The van der Waals surface area contributed by atoms with Crippen LogP contribution in [0.1, 0.15) is 54.4 Å². The van der Waals surface area contributed by atoms with Crippen LogP contribution < -0.4 is 5.32 Å². The van der Waals surface area contributed by atoms with E-state index in [1.165, 1.54) is 30.6 Å². The van der Waals surface area contributed by atoms with Gasteiger partial charge in [0, 0.05) is 16.5 Å². The molecule has 0 unspecified atom stereocenters. The Morgan fingerprint density at radius 1 is 1.33 bits per heavy atom. The summed E-state index contributed by atoms with van der Waals surface area (Å²) in [6, 6.07) is 2.05. The summed E-state index contributed by atoms with van der Waals surface area (Å²) in [5, 5.41) is 8.29. The predicted octanol–water partition coefficient (Wildman–Crippen LogP) is 4.63. The number of hydrogen-bond donors (Lipinski definition) is 1. The fraction of sp³-hybridized carbons (Fsp3) is 0.500. The van der Waals surface area contributed by atoms with E-state index in [1.54, 1.807) is 11.3 Å². The maximum atomic E-state index is 12.6. The van der Waals surface area contributed by atoms with Crippen molar-refractivity contribution in [2.75, 3.05) is 0 Å². The standard InChI is InChI=1S/C16H20N2OS2/c1-11-13(21-15(17-11)12-6-9-20-10-12)14(19)18-16(2)7-4-3-5-8-16/h6,9-10H,3-5,7-8H2,1-2H3,(H,18,19). The fourth-order valence-corrected chi connectivity index (χ4v) is 4.58. The number of carbonyl (C=O) groups is 1. The van der Waals surface area contributed by atoms with Gasteiger partial charge in [-0.3, -0.25) is 4.79 Å². The molecule has 0 aliphatic heterocycles. The van der Waals surface area contributed by atoms with Crippen LogP contribution in [0.4, 0.5) is 0 Å². The normalized spacial score (nSPS) is 17.6. The summed E-state index contributed by atoms with van der Waals surface area (Å²) < 4.78 is 0. The Morgan fingerprint density at radius 2 is 2.10 bits per heavy atom. The van der Waals surface area contributed by atoms with Crippen molar-refractivity contribution in [3.63, 3.8) is 0 Å². The molecule has 112 valence electrons. The molecule has 1 aliphatic rings. The number of carbonyl (C=O) groups excluding carboxylic acids is 1. The zero-order chi connectivity index (χ0) is 14.9. The van der Waals surface area contributed by atoms with Crippen molar-refractivity contribution < 1.29 is 4.79 Å². The number of nitrogens with one attached hydrogen (secondary N) is 1. The number of thiophene rings is 1. The van der Waals surface area contributed by atoms with Gasteiger partial charge < -0.3 is 5.32 Å². The molecule has 2 aromatic rings. The average Bonchev–Trinajstić information content (AvgIpc) is 3.07. The Morgan fingerprint density at radius 3 is 2.76 bits per heavy atom. The van der Waals surface area contributed by atoms with Gasteiger partial charge in [0.1, 0.15) is 9.88 Å². The Balaban J connectivity index is 1.78. The third kappa shape index (κ3) is 3.19. The van der Waals surface area contributed by atoms with Crippen LogP contribution in [-0.2, 0) is 0 Å². The molecule has 1 saturated carbocycles. The summed E-state index contributed by atoms with van der Waals surface area (Å²) in [6.45, 7) is 4.09. The van der Waals surface area contributed by atoms with E-state index in [1.807, 2.05) is 18.4 Å². The third-order valence-corrected chi connectivity index (χ3v) is 6.03. The second-order valence-electron chi connectivity index (χ2n) is 6.02. The van der Waals surface area contributed by atoms with Crippen LogP contribution in [0.15, 0.2) is 16.8 Å². The molecule has 1 amide bonds. The first-order valence-corrected chi connectivity index (χ1v) is 9.16. The Hall–Kier alpha value is -1.20. The number of hydrogen-bond acceptors (Lipinski definition) is 4. The lowest BCUT2D eigenvalue weighted by Gasteiger charge is -2.34. The van der Waals surface area contributed by atoms with E-state index >= 15 is 0 Å². The molecule has 1 N–H and O–H groups in total. The van der Waals surface area contributed by atoms with Gasteiger partial charge in [0.2, 0.25) is 0 Å². The van der Waals surface area contributed by atoms with E-state index in [0.717, 1.165) is 34.0 Å². The molecule has 2 aromatic heterocycles. The van der Waals surface area contributed by atoms with E-state index in [9.17, 15) is 4.79 Å². The maximum absolute atomic E-state index is 12.6. The molecule has 1 aliphatic carbocycles.